The monoisotopic (exact) mass is 349 g/mol. The molecule has 24 heavy (non-hydrogen) atoms. The standard InChI is InChI=1S/C18H23NO4S/c1-2-3-4-13-23-16-9-5-14(6-10-16)18(20)15-7-11-17(12-8-15)24(19,21)22/h5-12,18,20H,2-4,13H2,1H3,(H2,19,21,22). The van der Waals surface area contributed by atoms with E-state index >= 15 is 0 Å². The second-order valence-electron chi connectivity index (χ2n) is 5.64. The van der Waals surface area contributed by atoms with Crippen molar-refractivity contribution in [3.05, 3.63) is 59.7 Å². The predicted octanol–water partition coefficient (Wildman–Crippen LogP) is 2.98. The third-order valence-electron chi connectivity index (χ3n) is 3.74. The van der Waals surface area contributed by atoms with Crippen molar-refractivity contribution >= 4 is 10.0 Å². The van der Waals surface area contributed by atoms with Gasteiger partial charge in [0, 0.05) is 0 Å². The number of hydrogen-bond acceptors (Lipinski definition) is 4. The van der Waals surface area contributed by atoms with Crippen LogP contribution in [0.5, 0.6) is 5.75 Å². The van der Waals surface area contributed by atoms with Gasteiger partial charge in [-0.15, -0.1) is 0 Å². The SMILES string of the molecule is CCCCCOc1ccc(C(O)c2ccc(S(N)(=O)=O)cc2)cc1. The smallest absolute Gasteiger partial charge is 0.238 e. The minimum Gasteiger partial charge on any atom is -0.494 e. The van der Waals surface area contributed by atoms with Crippen molar-refractivity contribution in [2.45, 2.75) is 37.2 Å². The minimum absolute atomic E-state index is 0.0225. The first kappa shape index (κ1) is 18.4. The Morgan fingerprint density at radius 2 is 1.54 bits per heavy atom. The van der Waals surface area contributed by atoms with Gasteiger partial charge in [-0.05, 0) is 41.8 Å². The highest BCUT2D eigenvalue weighted by Gasteiger charge is 2.13. The molecule has 0 aromatic heterocycles. The summed E-state index contributed by atoms with van der Waals surface area (Å²) in [5.41, 5.74) is 1.30. The molecule has 2 rings (SSSR count). The highest BCUT2D eigenvalue weighted by molar-refractivity contribution is 7.89. The van der Waals surface area contributed by atoms with E-state index in [1.54, 1.807) is 24.3 Å². The number of unbranched alkanes of at least 4 members (excludes halogenated alkanes) is 2. The van der Waals surface area contributed by atoms with Gasteiger partial charge in [-0.3, -0.25) is 0 Å². The molecule has 2 aromatic rings. The topological polar surface area (TPSA) is 89.6 Å². The molecule has 0 saturated heterocycles. The van der Waals surface area contributed by atoms with Crippen molar-refractivity contribution in [3.8, 4) is 5.75 Å². The van der Waals surface area contributed by atoms with Gasteiger partial charge in [0.2, 0.25) is 10.0 Å². The van der Waals surface area contributed by atoms with E-state index in [0.29, 0.717) is 17.7 Å². The number of primary sulfonamides is 1. The van der Waals surface area contributed by atoms with Gasteiger partial charge in [0.05, 0.1) is 11.5 Å². The van der Waals surface area contributed by atoms with Crippen molar-refractivity contribution in [1.82, 2.24) is 0 Å². The molecule has 0 aliphatic rings. The Morgan fingerprint density at radius 1 is 1.00 bits per heavy atom. The van der Waals surface area contributed by atoms with Crippen LogP contribution in [-0.2, 0) is 10.0 Å². The van der Waals surface area contributed by atoms with Gasteiger partial charge in [-0.25, -0.2) is 13.6 Å². The van der Waals surface area contributed by atoms with E-state index in [0.717, 1.165) is 25.0 Å². The number of rotatable bonds is 8. The van der Waals surface area contributed by atoms with Gasteiger partial charge in [0.1, 0.15) is 11.9 Å². The van der Waals surface area contributed by atoms with E-state index in [1.807, 2.05) is 12.1 Å². The van der Waals surface area contributed by atoms with Crippen molar-refractivity contribution in [2.24, 2.45) is 5.14 Å². The zero-order chi connectivity index (χ0) is 17.6. The summed E-state index contributed by atoms with van der Waals surface area (Å²) in [6.07, 6.45) is 2.48. The third kappa shape index (κ3) is 5.06. The number of nitrogens with two attached hydrogens (primary N) is 1. The average molecular weight is 349 g/mol. The van der Waals surface area contributed by atoms with Crippen LogP contribution in [0.1, 0.15) is 43.4 Å². The highest BCUT2D eigenvalue weighted by Crippen LogP contribution is 2.25. The fourth-order valence-corrected chi connectivity index (χ4v) is 2.84. The van der Waals surface area contributed by atoms with Gasteiger partial charge < -0.3 is 9.84 Å². The third-order valence-corrected chi connectivity index (χ3v) is 4.67. The fraction of sp³-hybridized carbons (Fsp3) is 0.333. The van der Waals surface area contributed by atoms with Crippen molar-refractivity contribution in [2.75, 3.05) is 6.61 Å². The molecule has 1 atom stereocenters. The van der Waals surface area contributed by atoms with Crippen molar-refractivity contribution in [1.29, 1.82) is 0 Å². The molecule has 0 heterocycles. The first-order chi connectivity index (χ1) is 11.4. The molecule has 0 radical (unpaired) electrons. The van der Waals surface area contributed by atoms with Crippen LogP contribution in [0.2, 0.25) is 0 Å². The molecule has 0 aliphatic carbocycles. The second kappa shape index (κ2) is 8.28. The number of aliphatic hydroxyl groups is 1. The lowest BCUT2D eigenvalue weighted by molar-refractivity contribution is 0.220. The number of aliphatic hydroxyl groups excluding tert-OH is 1. The van der Waals surface area contributed by atoms with Crippen LogP contribution in [-0.4, -0.2) is 20.1 Å². The van der Waals surface area contributed by atoms with E-state index in [2.05, 4.69) is 6.92 Å². The average Bonchev–Trinajstić information content (AvgIpc) is 2.58. The van der Waals surface area contributed by atoms with Crippen molar-refractivity contribution < 1.29 is 18.3 Å². The van der Waals surface area contributed by atoms with Crippen LogP contribution < -0.4 is 9.88 Å². The van der Waals surface area contributed by atoms with E-state index in [4.69, 9.17) is 9.88 Å². The van der Waals surface area contributed by atoms with Crippen LogP contribution in [0.15, 0.2) is 53.4 Å². The fourth-order valence-electron chi connectivity index (χ4n) is 2.32. The number of benzene rings is 2. The first-order valence-corrected chi connectivity index (χ1v) is 9.50. The summed E-state index contributed by atoms with van der Waals surface area (Å²) in [5.74, 6) is 0.770. The van der Waals surface area contributed by atoms with E-state index < -0.39 is 16.1 Å². The molecular formula is C18H23NO4S. The number of sulfonamides is 1. The summed E-state index contributed by atoms with van der Waals surface area (Å²) in [6.45, 7) is 2.83. The first-order valence-electron chi connectivity index (χ1n) is 7.95. The Labute approximate surface area is 143 Å². The van der Waals surface area contributed by atoms with Crippen LogP contribution in [0.25, 0.3) is 0 Å². The zero-order valence-corrected chi connectivity index (χ0v) is 14.5. The molecule has 5 nitrogen and oxygen atoms in total. The maximum Gasteiger partial charge on any atom is 0.238 e. The van der Waals surface area contributed by atoms with Crippen LogP contribution >= 0.6 is 0 Å². The lowest BCUT2D eigenvalue weighted by Gasteiger charge is -2.13. The van der Waals surface area contributed by atoms with Crippen LogP contribution in [0.4, 0.5) is 0 Å². The molecule has 0 fully saturated rings. The van der Waals surface area contributed by atoms with Gasteiger partial charge in [0.25, 0.3) is 0 Å². The largest absolute Gasteiger partial charge is 0.494 e. The Balaban J connectivity index is 2.03. The summed E-state index contributed by atoms with van der Waals surface area (Å²) < 4.78 is 28.1. The molecule has 2 aromatic carbocycles. The van der Waals surface area contributed by atoms with E-state index in [-0.39, 0.29) is 4.90 Å². The second-order valence-corrected chi connectivity index (χ2v) is 7.20. The summed E-state index contributed by atoms with van der Waals surface area (Å²) in [4.78, 5) is 0.0225. The highest BCUT2D eigenvalue weighted by atomic mass is 32.2. The Morgan fingerprint density at radius 3 is 2.04 bits per heavy atom. The summed E-state index contributed by atoms with van der Waals surface area (Å²) >= 11 is 0. The Hall–Kier alpha value is -1.89. The molecule has 0 spiro atoms. The number of hydrogen-bond donors (Lipinski definition) is 2. The quantitative estimate of drug-likeness (QED) is 0.717. The molecule has 0 bridgehead atoms. The number of ether oxygens (including phenoxy) is 1. The van der Waals surface area contributed by atoms with Gasteiger partial charge >= 0.3 is 0 Å². The molecule has 130 valence electrons. The molecular weight excluding hydrogens is 326 g/mol. The predicted molar refractivity (Wildman–Crippen MR) is 93.3 cm³/mol. The summed E-state index contributed by atoms with van der Waals surface area (Å²) in [6, 6.07) is 13.1. The molecule has 6 heteroatoms. The van der Waals surface area contributed by atoms with E-state index in [1.165, 1.54) is 12.1 Å². The van der Waals surface area contributed by atoms with Crippen LogP contribution in [0.3, 0.4) is 0 Å². The molecule has 0 saturated carbocycles. The Bertz CT molecular complexity index is 740. The van der Waals surface area contributed by atoms with E-state index in [9.17, 15) is 13.5 Å². The normalized spacial score (nSPS) is 12.8. The molecule has 1 unspecified atom stereocenters. The maximum atomic E-state index is 11.3. The lowest BCUT2D eigenvalue weighted by Crippen LogP contribution is -2.12. The summed E-state index contributed by atoms with van der Waals surface area (Å²) in [5, 5.41) is 15.5. The molecule has 0 amide bonds. The van der Waals surface area contributed by atoms with Gasteiger partial charge in [0.15, 0.2) is 0 Å². The van der Waals surface area contributed by atoms with Crippen LogP contribution in [0, 0.1) is 0 Å². The van der Waals surface area contributed by atoms with Gasteiger partial charge in [-0.2, -0.15) is 0 Å². The molecule has 3 N–H and O–H groups in total. The molecule has 0 aliphatic heterocycles. The zero-order valence-electron chi connectivity index (χ0n) is 13.7. The van der Waals surface area contributed by atoms with Crippen molar-refractivity contribution in [3.63, 3.8) is 0 Å². The minimum atomic E-state index is -3.73. The maximum absolute atomic E-state index is 11.3. The Kier molecular flexibility index (Phi) is 6.36. The summed E-state index contributed by atoms with van der Waals surface area (Å²) in [7, 11) is -3.73. The van der Waals surface area contributed by atoms with Gasteiger partial charge in [-0.1, -0.05) is 44.0 Å². The lowest BCUT2D eigenvalue weighted by atomic mass is 10.0.